The van der Waals surface area contributed by atoms with Crippen molar-refractivity contribution < 1.29 is 18.4 Å². The van der Waals surface area contributed by atoms with Crippen LogP contribution in [-0.4, -0.2) is 55.4 Å². The van der Waals surface area contributed by atoms with E-state index >= 15 is 0 Å². The second-order valence-corrected chi connectivity index (χ2v) is 6.44. The van der Waals surface area contributed by atoms with Gasteiger partial charge in [-0.25, -0.2) is 4.57 Å². The van der Waals surface area contributed by atoms with Crippen molar-refractivity contribution in [3.63, 3.8) is 0 Å². The highest BCUT2D eigenvalue weighted by Crippen LogP contribution is 2.50. The lowest BCUT2D eigenvalue weighted by Crippen LogP contribution is -2.37. The van der Waals surface area contributed by atoms with Crippen molar-refractivity contribution in [2.45, 2.75) is 33.1 Å². The highest BCUT2D eigenvalue weighted by Gasteiger charge is 2.32. The maximum absolute atomic E-state index is 12.4. The van der Waals surface area contributed by atoms with E-state index in [0.717, 1.165) is 13.1 Å². The first-order valence-electron chi connectivity index (χ1n) is 7.00. The molecule has 6 nitrogen and oxygen atoms in total. The van der Waals surface area contributed by atoms with Crippen molar-refractivity contribution in [1.82, 2.24) is 9.57 Å². The van der Waals surface area contributed by atoms with Gasteiger partial charge in [0.05, 0.1) is 13.2 Å². The summed E-state index contributed by atoms with van der Waals surface area (Å²) in [5, 5.41) is 0. The largest absolute Gasteiger partial charge is 0.437 e. The molecule has 0 aromatic carbocycles. The Balaban J connectivity index is 2.53. The minimum atomic E-state index is -3.46. The Labute approximate surface area is 115 Å². The van der Waals surface area contributed by atoms with Crippen LogP contribution in [0.15, 0.2) is 0 Å². The molecule has 0 radical (unpaired) electrons. The van der Waals surface area contributed by atoms with Crippen molar-refractivity contribution in [1.29, 1.82) is 0 Å². The van der Waals surface area contributed by atoms with Crippen LogP contribution in [0.4, 0.5) is 0 Å². The molecule has 1 amide bonds. The van der Waals surface area contributed by atoms with Crippen LogP contribution in [0.1, 0.15) is 33.1 Å². The van der Waals surface area contributed by atoms with Crippen LogP contribution in [-0.2, 0) is 18.4 Å². The van der Waals surface area contributed by atoms with E-state index in [4.69, 9.17) is 9.05 Å². The predicted molar refractivity (Wildman–Crippen MR) is 73.9 cm³/mol. The lowest BCUT2D eigenvalue weighted by molar-refractivity contribution is -0.115. The normalized spacial score (nSPS) is 17.4. The van der Waals surface area contributed by atoms with Gasteiger partial charge in [-0.2, -0.15) is 0 Å². The molecular weight excluding hydrogens is 267 g/mol. The number of hydrogen-bond donors (Lipinski definition) is 0. The number of rotatable bonds is 9. The maximum atomic E-state index is 12.4. The molecule has 0 aromatic heterocycles. The van der Waals surface area contributed by atoms with Crippen molar-refractivity contribution in [2.75, 3.05) is 39.4 Å². The molecule has 0 atom stereocenters. The molecule has 1 fully saturated rings. The average Bonchev–Trinajstić information content (AvgIpc) is 2.41. The van der Waals surface area contributed by atoms with Crippen LogP contribution in [0.5, 0.6) is 0 Å². The molecule has 1 aliphatic heterocycles. The SMILES string of the molecule is CCOP(=O)(OCC)N(C=O)CCN1CCCCC1. The van der Waals surface area contributed by atoms with Crippen molar-refractivity contribution in [3.05, 3.63) is 0 Å². The molecule has 112 valence electrons. The summed E-state index contributed by atoms with van der Waals surface area (Å²) in [5.74, 6) is 0. The van der Waals surface area contributed by atoms with Gasteiger partial charge >= 0.3 is 7.75 Å². The number of hydrogen-bond acceptors (Lipinski definition) is 5. The molecule has 0 N–H and O–H groups in total. The van der Waals surface area contributed by atoms with Gasteiger partial charge in [-0.1, -0.05) is 6.42 Å². The van der Waals surface area contributed by atoms with Crippen LogP contribution in [0.3, 0.4) is 0 Å². The molecular formula is C12H25N2O4P. The Hall–Kier alpha value is -0.420. The Morgan fingerprint density at radius 2 is 1.74 bits per heavy atom. The Morgan fingerprint density at radius 1 is 1.16 bits per heavy atom. The van der Waals surface area contributed by atoms with Gasteiger partial charge in [0.1, 0.15) is 0 Å². The van der Waals surface area contributed by atoms with E-state index in [0.29, 0.717) is 19.5 Å². The molecule has 1 aliphatic rings. The van der Waals surface area contributed by atoms with Gasteiger partial charge in [0.25, 0.3) is 0 Å². The average molecular weight is 292 g/mol. The molecule has 1 rings (SSSR count). The van der Waals surface area contributed by atoms with Crippen LogP contribution in [0, 0.1) is 0 Å². The predicted octanol–water partition coefficient (Wildman–Crippen LogP) is 2.11. The fourth-order valence-corrected chi connectivity index (χ4v) is 3.65. The first-order chi connectivity index (χ1) is 9.16. The van der Waals surface area contributed by atoms with Crippen LogP contribution in [0.25, 0.3) is 0 Å². The lowest BCUT2D eigenvalue weighted by Gasteiger charge is -2.31. The third-order valence-electron chi connectivity index (χ3n) is 3.11. The van der Waals surface area contributed by atoms with Gasteiger partial charge in [-0.15, -0.1) is 0 Å². The number of likely N-dealkylation sites (tertiary alicyclic amines) is 1. The molecule has 19 heavy (non-hydrogen) atoms. The Kier molecular flexibility index (Phi) is 7.61. The minimum absolute atomic E-state index is 0.255. The standard InChI is InChI=1S/C12H25N2O4P/c1-3-17-19(16,18-4-2)14(12-15)11-10-13-8-6-5-7-9-13/h12H,3-11H2,1-2H3. The molecule has 7 heteroatoms. The summed E-state index contributed by atoms with van der Waals surface area (Å²) in [7, 11) is -3.46. The third kappa shape index (κ3) is 5.22. The summed E-state index contributed by atoms with van der Waals surface area (Å²) in [6, 6.07) is 0. The van der Waals surface area contributed by atoms with E-state index in [2.05, 4.69) is 4.90 Å². The fraction of sp³-hybridized carbons (Fsp3) is 0.917. The molecule has 0 bridgehead atoms. The lowest BCUT2D eigenvalue weighted by atomic mass is 10.1. The van der Waals surface area contributed by atoms with Crippen molar-refractivity contribution in [3.8, 4) is 0 Å². The number of carbonyl (C=O) groups is 1. The molecule has 1 heterocycles. The van der Waals surface area contributed by atoms with Gasteiger partial charge in [-0.3, -0.25) is 18.5 Å². The van der Waals surface area contributed by atoms with Gasteiger partial charge < -0.3 is 4.90 Å². The van der Waals surface area contributed by atoms with Crippen LogP contribution < -0.4 is 0 Å². The zero-order valence-electron chi connectivity index (χ0n) is 11.9. The Bertz CT molecular complexity index is 298. The first-order valence-corrected chi connectivity index (χ1v) is 8.49. The summed E-state index contributed by atoms with van der Waals surface area (Å²) in [6.07, 6.45) is 4.21. The highest BCUT2D eigenvalue weighted by atomic mass is 31.2. The van der Waals surface area contributed by atoms with Gasteiger partial charge in [0, 0.05) is 13.1 Å². The van der Waals surface area contributed by atoms with E-state index in [1.165, 1.54) is 23.9 Å². The zero-order valence-corrected chi connectivity index (χ0v) is 12.8. The fourth-order valence-electron chi connectivity index (χ4n) is 2.17. The summed E-state index contributed by atoms with van der Waals surface area (Å²) >= 11 is 0. The van der Waals surface area contributed by atoms with Crippen molar-refractivity contribution in [2.24, 2.45) is 0 Å². The van der Waals surface area contributed by atoms with Gasteiger partial charge in [0.15, 0.2) is 0 Å². The molecule has 0 aromatic rings. The first kappa shape index (κ1) is 16.6. The smallest absolute Gasteiger partial charge is 0.302 e. The summed E-state index contributed by atoms with van der Waals surface area (Å²) < 4.78 is 24.0. The second-order valence-electron chi connectivity index (χ2n) is 4.47. The molecule has 0 spiro atoms. The summed E-state index contributed by atoms with van der Waals surface area (Å²) in [6.45, 7) is 7.15. The van der Waals surface area contributed by atoms with Gasteiger partial charge in [-0.05, 0) is 39.8 Å². The summed E-state index contributed by atoms with van der Waals surface area (Å²) in [5.41, 5.74) is 0. The molecule has 0 unspecified atom stereocenters. The number of carbonyl (C=O) groups excluding carboxylic acids is 1. The molecule has 0 saturated carbocycles. The van der Waals surface area contributed by atoms with Gasteiger partial charge in [0.2, 0.25) is 6.41 Å². The van der Waals surface area contributed by atoms with E-state index in [9.17, 15) is 9.36 Å². The number of nitrogens with zero attached hydrogens (tertiary/aromatic N) is 2. The maximum Gasteiger partial charge on any atom is 0.437 e. The third-order valence-corrected chi connectivity index (χ3v) is 5.21. The van der Waals surface area contributed by atoms with Crippen LogP contribution >= 0.6 is 7.75 Å². The monoisotopic (exact) mass is 292 g/mol. The van der Waals surface area contributed by atoms with E-state index in [1.807, 2.05) is 0 Å². The summed E-state index contributed by atoms with van der Waals surface area (Å²) in [4.78, 5) is 13.4. The minimum Gasteiger partial charge on any atom is -0.302 e. The zero-order chi connectivity index (χ0) is 14.1. The topological polar surface area (TPSA) is 59.1 Å². The van der Waals surface area contributed by atoms with E-state index in [1.54, 1.807) is 13.8 Å². The molecule has 1 saturated heterocycles. The van der Waals surface area contributed by atoms with E-state index in [-0.39, 0.29) is 13.2 Å². The number of amides is 1. The second kappa shape index (κ2) is 8.69. The highest BCUT2D eigenvalue weighted by molar-refractivity contribution is 7.51. The van der Waals surface area contributed by atoms with E-state index < -0.39 is 7.75 Å². The molecule has 0 aliphatic carbocycles. The Morgan fingerprint density at radius 3 is 2.21 bits per heavy atom. The number of piperidine rings is 1. The quantitative estimate of drug-likeness (QED) is 0.481. The van der Waals surface area contributed by atoms with Crippen LogP contribution in [0.2, 0.25) is 0 Å². The van der Waals surface area contributed by atoms with Crippen molar-refractivity contribution >= 4 is 14.2 Å².